The summed E-state index contributed by atoms with van der Waals surface area (Å²) < 4.78 is 43.0. The van der Waals surface area contributed by atoms with Gasteiger partial charge in [0, 0.05) is 25.3 Å². The topological polar surface area (TPSA) is 128 Å². The predicted molar refractivity (Wildman–Crippen MR) is 142 cm³/mol. The van der Waals surface area contributed by atoms with Crippen molar-refractivity contribution in [3.63, 3.8) is 0 Å². The molecule has 12 heteroatoms. The van der Waals surface area contributed by atoms with Gasteiger partial charge < -0.3 is 43.0 Å². The zero-order chi connectivity index (χ0) is 27.8. The Balaban J connectivity index is 3.09. The average molecular weight is 573 g/mol. The standard InChI is InChI=1S/C26H49ClO11/c27-9-5-1-2-6-10-31-11-12-32-13-14-33-15-16-34-17-18-35-19-20-36-21-22-37-23-24-38-26(30)8-4-3-7-25(28)29/h1-24H2,(H,28,29). The molecular formula is C26H49ClO11. The van der Waals surface area contributed by atoms with Crippen LogP contribution in [0.3, 0.4) is 0 Å². The number of carboxylic acid groups (broad SMARTS) is 1. The summed E-state index contributed by atoms with van der Waals surface area (Å²) in [4.78, 5) is 21.8. The third-order valence-corrected chi connectivity index (χ3v) is 5.18. The minimum absolute atomic E-state index is 0.0656. The van der Waals surface area contributed by atoms with E-state index >= 15 is 0 Å². The SMILES string of the molecule is O=C(O)CCCCC(=O)OCCOCCOCCOCCOCCOCCOCCOCCCCCCCl. The Morgan fingerprint density at radius 1 is 0.447 bits per heavy atom. The van der Waals surface area contributed by atoms with Crippen molar-refractivity contribution in [2.75, 3.05) is 105 Å². The van der Waals surface area contributed by atoms with E-state index in [9.17, 15) is 9.59 Å². The Kier molecular flexibility index (Phi) is 31.3. The van der Waals surface area contributed by atoms with Crippen molar-refractivity contribution >= 4 is 23.5 Å². The second-order valence-corrected chi connectivity index (χ2v) is 8.59. The smallest absolute Gasteiger partial charge is 0.305 e. The fourth-order valence-electron chi connectivity index (χ4n) is 2.91. The van der Waals surface area contributed by atoms with Crippen molar-refractivity contribution in [3.8, 4) is 0 Å². The molecule has 0 saturated carbocycles. The van der Waals surface area contributed by atoms with E-state index in [1.54, 1.807) is 0 Å². The van der Waals surface area contributed by atoms with Crippen LogP contribution in [0.25, 0.3) is 0 Å². The number of hydrogen-bond donors (Lipinski definition) is 1. The predicted octanol–water partition coefficient (Wildman–Crippen LogP) is 3.09. The molecule has 1 N–H and O–H groups in total. The molecule has 38 heavy (non-hydrogen) atoms. The molecule has 0 spiro atoms. The zero-order valence-electron chi connectivity index (χ0n) is 22.9. The van der Waals surface area contributed by atoms with Gasteiger partial charge in [-0.25, -0.2) is 0 Å². The van der Waals surface area contributed by atoms with Crippen molar-refractivity contribution in [2.24, 2.45) is 0 Å². The quantitative estimate of drug-likeness (QED) is 0.0725. The molecule has 0 fully saturated rings. The van der Waals surface area contributed by atoms with E-state index < -0.39 is 5.97 Å². The molecule has 0 aliphatic rings. The molecule has 0 aromatic carbocycles. The number of hydrogen-bond acceptors (Lipinski definition) is 10. The number of halogens is 1. The van der Waals surface area contributed by atoms with Crippen molar-refractivity contribution in [2.45, 2.75) is 51.4 Å². The molecular weight excluding hydrogens is 524 g/mol. The number of unbranched alkanes of at least 4 members (excludes halogenated alkanes) is 4. The molecule has 0 aliphatic heterocycles. The fourth-order valence-corrected chi connectivity index (χ4v) is 3.09. The second kappa shape index (κ2) is 32.2. The van der Waals surface area contributed by atoms with Gasteiger partial charge in [0.05, 0.1) is 85.9 Å². The number of esters is 1. The van der Waals surface area contributed by atoms with E-state index in [-0.39, 0.29) is 25.4 Å². The Labute approximate surface area is 232 Å². The summed E-state index contributed by atoms with van der Waals surface area (Å²) in [5, 5.41) is 8.53. The van der Waals surface area contributed by atoms with Crippen LogP contribution in [0.5, 0.6) is 0 Å². The number of ether oxygens (including phenoxy) is 8. The number of rotatable bonds is 32. The average Bonchev–Trinajstić information content (AvgIpc) is 2.90. The van der Waals surface area contributed by atoms with Crippen molar-refractivity contribution in [1.82, 2.24) is 0 Å². The highest BCUT2D eigenvalue weighted by molar-refractivity contribution is 6.17. The lowest BCUT2D eigenvalue weighted by Crippen LogP contribution is -2.15. The lowest BCUT2D eigenvalue weighted by molar-refractivity contribution is -0.146. The Hall–Kier alpha value is -1.05. The van der Waals surface area contributed by atoms with E-state index in [1.165, 1.54) is 0 Å². The Bertz CT molecular complexity index is 512. The third-order valence-electron chi connectivity index (χ3n) is 4.92. The number of carboxylic acids is 1. The maximum Gasteiger partial charge on any atom is 0.305 e. The van der Waals surface area contributed by atoms with Gasteiger partial charge in [-0.1, -0.05) is 12.8 Å². The summed E-state index contributed by atoms with van der Waals surface area (Å²) in [6.07, 6.45) is 5.73. The van der Waals surface area contributed by atoms with Crippen LogP contribution in [0.4, 0.5) is 0 Å². The highest BCUT2D eigenvalue weighted by Gasteiger charge is 2.04. The van der Waals surface area contributed by atoms with Gasteiger partial charge in [-0.05, 0) is 25.7 Å². The number of carbonyl (C=O) groups is 2. The first-order chi connectivity index (χ1) is 18.7. The summed E-state index contributed by atoms with van der Waals surface area (Å²) >= 11 is 5.64. The molecule has 226 valence electrons. The lowest BCUT2D eigenvalue weighted by Gasteiger charge is -2.09. The van der Waals surface area contributed by atoms with E-state index in [0.29, 0.717) is 98.7 Å². The minimum atomic E-state index is -0.859. The Morgan fingerprint density at radius 3 is 1.24 bits per heavy atom. The molecule has 0 rings (SSSR count). The molecule has 0 radical (unpaired) electrons. The molecule has 0 bridgehead atoms. The van der Waals surface area contributed by atoms with Crippen LogP contribution in [-0.4, -0.2) is 122 Å². The van der Waals surface area contributed by atoms with Gasteiger partial charge in [0.25, 0.3) is 0 Å². The maximum absolute atomic E-state index is 11.4. The van der Waals surface area contributed by atoms with Gasteiger partial charge in [-0.3, -0.25) is 9.59 Å². The van der Waals surface area contributed by atoms with Crippen LogP contribution in [0.15, 0.2) is 0 Å². The van der Waals surface area contributed by atoms with Gasteiger partial charge in [-0.15, -0.1) is 11.6 Å². The summed E-state index contributed by atoms with van der Waals surface area (Å²) in [6, 6.07) is 0. The largest absolute Gasteiger partial charge is 0.481 e. The molecule has 0 aliphatic carbocycles. The van der Waals surface area contributed by atoms with Crippen LogP contribution >= 0.6 is 11.6 Å². The van der Waals surface area contributed by atoms with Crippen molar-refractivity contribution in [3.05, 3.63) is 0 Å². The molecule has 0 aromatic heterocycles. The van der Waals surface area contributed by atoms with Crippen LogP contribution < -0.4 is 0 Å². The first-order valence-electron chi connectivity index (χ1n) is 13.6. The molecule has 11 nitrogen and oxygen atoms in total. The molecule has 0 atom stereocenters. The first kappa shape index (κ1) is 37.0. The van der Waals surface area contributed by atoms with Crippen LogP contribution in [0, 0.1) is 0 Å². The molecule has 0 saturated heterocycles. The van der Waals surface area contributed by atoms with Crippen LogP contribution in [0.1, 0.15) is 51.4 Å². The summed E-state index contributed by atoms with van der Waals surface area (Å²) in [5.41, 5.74) is 0. The fraction of sp³-hybridized carbons (Fsp3) is 0.923. The third kappa shape index (κ3) is 33.0. The first-order valence-corrected chi connectivity index (χ1v) is 14.2. The summed E-state index contributed by atoms with van der Waals surface area (Å²) in [5.74, 6) is -0.463. The molecule has 0 unspecified atom stereocenters. The van der Waals surface area contributed by atoms with Gasteiger partial charge in [0.1, 0.15) is 6.61 Å². The summed E-state index contributed by atoms with van der Waals surface area (Å²) in [6.45, 7) is 7.22. The van der Waals surface area contributed by atoms with Crippen LogP contribution in [0.2, 0.25) is 0 Å². The second-order valence-electron chi connectivity index (χ2n) is 8.21. The van der Waals surface area contributed by atoms with Gasteiger partial charge in [0.2, 0.25) is 0 Å². The van der Waals surface area contributed by atoms with E-state index in [0.717, 1.165) is 38.2 Å². The van der Waals surface area contributed by atoms with E-state index in [4.69, 9.17) is 54.6 Å². The van der Waals surface area contributed by atoms with E-state index in [1.807, 2.05) is 0 Å². The highest BCUT2D eigenvalue weighted by Crippen LogP contribution is 2.02. The molecule has 0 aromatic rings. The lowest BCUT2D eigenvalue weighted by atomic mass is 10.2. The van der Waals surface area contributed by atoms with Gasteiger partial charge >= 0.3 is 11.9 Å². The number of aliphatic carboxylic acids is 1. The normalized spacial score (nSPS) is 11.2. The highest BCUT2D eigenvalue weighted by atomic mass is 35.5. The maximum atomic E-state index is 11.4. The molecule has 0 heterocycles. The summed E-state index contributed by atoms with van der Waals surface area (Å²) in [7, 11) is 0. The van der Waals surface area contributed by atoms with E-state index in [2.05, 4.69) is 0 Å². The Morgan fingerprint density at radius 2 is 0.816 bits per heavy atom. The van der Waals surface area contributed by atoms with Gasteiger partial charge in [0.15, 0.2) is 0 Å². The van der Waals surface area contributed by atoms with Gasteiger partial charge in [-0.2, -0.15) is 0 Å². The van der Waals surface area contributed by atoms with Crippen molar-refractivity contribution in [1.29, 1.82) is 0 Å². The van der Waals surface area contributed by atoms with Crippen molar-refractivity contribution < 1.29 is 52.6 Å². The monoisotopic (exact) mass is 572 g/mol. The number of carbonyl (C=O) groups excluding carboxylic acids is 1. The van der Waals surface area contributed by atoms with Crippen LogP contribution in [-0.2, 0) is 47.5 Å². The molecule has 0 amide bonds. The zero-order valence-corrected chi connectivity index (χ0v) is 23.6. The minimum Gasteiger partial charge on any atom is -0.481 e. The number of alkyl halides is 1.